The topological polar surface area (TPSA) is 78.9 Å². The number of phenols is 2. The second kappa shape index (κ2) is 6.37. The minimum absolute atomic E-state index is 0.0275. The SMILES string of the molecule is Cc1cccc(C=Nc2ccc(-c3nc4ccccc4o3)c(O)c2)c1O. The number of nitrogens with zero attached hydrogens (tertiary/aromatic N) is 2. The average molecular weight is 344 g/mol. The van der Waals surface area contributed by atoms with Gasteiger partial charge in [-0.05, 0) is 42.8 Å². The summed E-state index contributed by atoms with van der Waals surface area (Å²) < 4.78 is 5.69. The van der Waals surface area contributed by atoms with E-state index in [-0.39, 0.29) is 11.5 Å². The van der Waals surface area contributed by atoms with Gasteiger partial charge in [-0.25, -0.2) is 4.98 Å². The van der Waals surface area contributed by atoms with Gasteiger partial charge in [-0.2, -0.15) is 0 Å². The Hall–Kier alpha value is -3.60. The molecule has 5 heteroatoms. The van der Waals surface area contributed by atoms with Gasteiger partial charge >= 0.3 is 0 Å². The molecule has 128 valence electrons. The van der Waals surface area contributed by atoms with Crippen molar-refractivity contribution in [2.45, 2.75) is 6.92 Å². The van der Waals surface area contributed by atoms with Crippen molar-refractivity contribution in [3.05, 3.63) is 71.8 Å². The molecule has 0 aliphatic heterocycles. The van der Waals surface area contributed by atoms with Crippen molar-refractivity contribution in [1.29, 1.82) is 0 Å². The molecule has 1 heterocycles. The number of aromatic hydroxyl groups is 2. The monoisotopic (exact) mass is 344 g/mol. The maximum absolute atomic E-state index is 10.3. The molecule has 0 amide bonds. The van der Waals surface area contributed by atoms with E-state index in [9.17, 15) is 10.2 Å². The number of benzene rings is 3. The van der Waals surface area contributed by atoms with Gasteiger partial charge in [-0.1, -0.05) is 24.3 Å². The van der Waals surface area contributed by atoms with Crippen molar-refractivity contribution < 1.29 is 14.6 Å². The molecule has 0 fully saturated rings. The summed E-state index contributed by atoms with van der Waals surface area (Å²) in [6.07, 6.45) is 1.57. The molecule has 4 aromatic rings. The van der Waals surface area contributed by atoms with Gasteiger partial charge in [-0.3, -0.25) is 4.99 Å². The molecule has 0 saturated carbocycles. The van der Waals surface area contributed by atoms with E-state index in [0.717, 1.165) is 11.1 Å². The molecule has 26 heavy (non-hydrogen) atoms. The standard InChI is InChI=1S/C21H16N2O3/c1-13-5-4-6-14(20(13)25)12-22-15-9-10-16(18(24)11-15)21-23-17-7-2-3-8-19(17)26-21/h2-12,24-25H,1H3. The van der Waals surface area contributed by atoms with E-state index in [2.05, 4.69) is 9.98 Å². The molecule has 0 unspecified atom stereocenters. The van der Waals surface area contributed by atoms with E-state index in [0.29, 0.717) is 28.3 Å². The first kappa shape index (κ1) is 15.9. The van der Waals surface area contributed by atoms with Crippen LogP contribution in [-0.2, 0) is 0 Å². The quantitative estimate of drug-likeness (QED) is 0.515. The van der Waals surface area contributed by atoms with E-state index < -0.39 is 0 Å². The average Bonchev–Trinajstić information content (AvgIpc) is 3.07. The Morgan fingerprint density at radius 1 is 1.00 bits per heavy atom. The number of oxazole rings is 1. The van der Waals surface area contributed by atoms with E-state index in [4.69, 9.17) is 4.42 Å². The van der Waals surface area contributed by atoms with Crippen molar-refractivity contribution >= 4 is 23.0 Å². The second-order valence-electron chi connectivity index (χ2n) is 5.96. The fourth-order valence-electron chi connectivity index (χ4n) is 2.70. The van der Waals surface area contributed by atoms with Gasteiger partial charge in [0.25, 0.3) is 0 Å². The Kier molecular flexibility index (Phi) is 3.89. The highest BCUT2D eigenvalue weighted by Crippen LogP contribution is 2.34. The van der Waals surface area contributed by atoms with Crippen molar-refractivity contribution in [2.75, 3.05) is 0 Å². The van der Waals surface area contributed by atoms with Gasteiger partial charge in [0.05, 0.1) is 11.3 Å². The minimum Gasteiger partial charge on any atom is -0.507 e. The van der Waals surface area contributed by atoms with Crippen LogP contribution >= 0.6 is 0 Å². The van der Waals surface area contributed by atoms with Gasteiger partial charge in [0, 0.05) is 17.8 Å². The van der Waals surface area contributed by atoms with Crippen LogP contribution in [0.4, 0.5) is 5.69 Å². The van der Waals surface area contributed by atoms with Crippen LogP contribution in [0.25, 0.3) is 22.6 Å². The number of aliphatic imine (C=N–C) groups is 1. The molecule has 0 radical (unpaired) electrons. The summed E-state index contributed by atoms with van der Waals surface area (Å²) >= 11 is 0. The van der Waals surface area contributed by atoms with Gasteiger partial charge in [0.2, 0.25) is 5.89 Å². The Bertz CT molecular complexity index is 1100. The lowest BCUT2D eigenvalue weighted by molar-refractivity contribution is 0.470. The smallest absolute Gasteiger partial charge is 0.231 e. The maximum Gasteiger partial charge on any atom is 0.231 e. The molecule has 4 rings (SSSR count). The first-order valence-electron chi connectivity index (χ1n) is 8.13. The zero-order chi connectivity index (χ0) is 18.1. The Labute approximate surface area is 149 Å². The van der Waals surface area contributed by atoms with E-state index in [1.807, 2.05) is 43.3 Å². The predicted octanol–water partition coefficient (Wildman–Crippen LogP) is 4.97. The van der Waals surface area contributed by atoms with Crippen LogP contribution in [0.5, 0.6) is 11.5 Å². The fraction of sp³-hybridized carbons (Fsp3) is 0.0476. The number of rotatable bonds is 3. The highest BCUT2D eigenvalue weighted by molar-refractivity contribution is 5.86. The summed E-state index contributed by atoms with van der Waals surface area (Å²) in [6.45, 7) is 1.83. The summed E-state index contributed by atoms with van der Waals surface area (Å²) in [7, 11) is 0. The number of aromatic nitrogens is 1. The molecule has 0 aliphatic carbocycles. The van der Waals surface area contributed by atoms with Crippen molar-refractivity contribution in [3.8, 4) is 23.0 Å². The normalized spacial score (nSPS) is 11.4. The summed E-state index contributed by atoms with van der Waals surface area (Å²) in [6, 6.07) is 17.9. The molecule has 0 spiro atoms. The molecule has 3 aromatic carbocycles. The number of hydrogen-bond donors (Lipinski definition) is 2. The maximum atomic E-state index is 10.3. The highest BCUT2D eigenvalue weighted by atomic mass is 16.3. The minimum atomic E-state index is 0.0275. The largest absolute Gasteiger partial charge is 0.507 e. The van der Waals surface area contributed by atoms with Crippen LogP contribution < -0.4 is 0 Å². The Morgan fingerprint density at radius 2 is 1.85 bits per heavy atom. The van der Waals surface area contributed by atoms with Crippen LogP contribution in [0.3, 0.4) is 0 Å². The molecule has 0 bridgehead atoms. The third-order valence-electron chi connectivity index (χ3n) is 4.13. The van der Waals surface area contributed by atoms with E-state index >= 15 is 0 Å². The Morgan fingerprint density at radius 3 is 2.65 bits per heavy atom. The summed E-state index contributed by atoms with van der Waals surface area (Å²) in [4.78, 5) is 8.71. The van der Waals surface area contributed by atoms with Gasteiger partial charge in [0.1, 0.15) is 17.0 Å². The van der Waals surface area contributed by atoms with Crippen LogP contribution in [0, 0.1) is 6.92 Å². The fourth-order valence-corrected chi connectivity index (χ4v) is 2.70. The van der Waals surface area contributed by atoms with E-state index in [1.54, 1.807) is 24.4 Å². The molecule has 0 atom stereocenters. The number of aryl methyl sites for hydroxylation is 1. The molecule has 2 N–H and O–H groups in total. The summed E-state index contributed by atoms with van der Waals surface area (Å²) in [5.74, 6) is 0.582. The number of fused-ring (bicyclic) bond motifs is 1. The molecule has 0 aliphatic rings. The van der Waals surface area contributed by atoms with Gasteiger partial charge < -0.3 is 14.6 Å². The van der Waals surface area contributed by atoms with Crippen LogP contribution in [-0.4, -0.2) is 21.4 Å². The summed E-state index contributed by atoms with van der Waals surface area (Å²) in [5.41, 5.74) is 3.86. The molecule has 0 saturated heterocycles. The van der Waals surface area contributed by atoms with E-state index in [1.165, 1.54) is 6.07 Å². The number of phenolic OH excluding ortho intramolecular Hbond substituents is 2. The third-order valence-corrected chi connectivity index (χ3v) is 4.13. The second-order valence-corrected chi connectivity index (χ2v) is 5.96. The lowest BCUT2D eigenvalue weighted by Gasteiger charge is -2.03. The molecule has 1 aromatic heterocycles. The van der Waals surface area contributed by atoms with Gasteiger partial charge in [0.15, 0.2) is 5.58 Å². The van der Waals surface area contributed by atoms with Crippen molar-refractivity contribution in [3.63, 3.8) is 0 Å². The summed E-state index contributed by atoms with van der Waals surface area (Å²) in [5, 5.41) is 20.4. The third kappa shape index (κ3) is 2.91. The zero-order valence-corrected chi connectivity index (χ0v) is 14.0. The van der Waals surface area contributed by atoms with Gasteiger partial charge in [-0.15, -0.1) is 0 Å². The van der Waals surface area contributed by atoms with Crippen LogP contribution in [0.1, 0.15) is 11.1 Å². The molecule has 5 nitrogen and oxygen atoms in total. The van der Waals surface area contributed by atoms with Crippen molar-refractivity contribution in [2.24, 2.45) is 4.99 Å². The molecular weight excluding hydrogens is 328 g/mol. The Balaban J connectivity index is 1.65. The van der Waals surface area contributed by atoms with Crippen molar-refractivity contribution in [1.82, 2.24) is 4.98 Å². The molecular formula is C21H16N2O3. The van der Waals surface area contributed by atoms with Crippen LogP contribution in [0.15, 0.2) is 70.1 Å². The predicted molar refractivity (Wildman–Crippen MR) is 101 cm³/mol. The highest BCUT2D eigenvalue weighted by Gasteiger charge is 2.12. The first-order valence-corrected chi connectivity index (χ1v) is 8.13. The lowest BCUT2D eigenvalue weighted by atomic mass is 10.1. The van der Waals surface area contributed by atoms with Crippen LogP contribution in [0.2, 0.25) is 0 Å². The number of para-hydroxylation sites is 3. The lowest BCUT2D eigenvalue weighted by Crippen LogP contribution is -1.85. The first-order chi connectivity index (χ1) is 12.6. The number of hydrogen-bond acceptors (Lipinski definition) is 5. The zero-order valence-electron chi connectivity index (χ0n) is 14.0.